The fourth-order valence-electron chi connectivity index (χ4n) is 0.894. The second-order valence-corrected chi connectivity index (χ2v) is 3.66. The Balaban J connectivity index is 4.25. The van der Waals surface area contributed by atoms with Gasteiger partial charge in [0.1, 0.15) is 0 Å². The first-order valence-corrected chi connectivity index (χ1v) is 4.05. The van der Waals surface area contributed by atoms with E-state index >= 15 is 0 Å². The van der Waals surface area contributed by atoms with Crippen molar-refractivity contribution in [3.63, 3.8) is 0 Å². The summed E-state index contributed by atoms with van der Waals surface area (Å²) in [6.45, 7) is 2.89. The summed E-state index contributed by atoms with van der Waals surface area (Å²) in [6, 6.07) is 0. The van der Waals surface area contributed by atoms with Gasteiger partial charge >= 0.3 is 0 Å². The Morgan fingerprint density at radius 3 is 2.31 bits per heavy atom. The highest BCUT2D eigenvalue weighted by molar-refractivity contribution is 5.81. The average Bonchev–Trinajstić information content (AvgIpc) is 2.01. The van der Waals surface area contributed by atoms with Crippen LogP contribution in [0.4, 0.5) is 8.78 Å². The maximum atomic E-state index is 11.9. The lowest BCUT2D eigenvalue weighted by Crippen LogP contribution is -2.44. The molecular formula is C8H16F2N2O. The van der Waals surface area contributed by atoms with Crippen LogP contribution in [0.1, 0.15) is 13.8 Å². The lowest BCUT2D eigenvalue weighted by atomic mass is 9.92. The summed E-state index contributed by atoms with van der Waals surface area (Å²) in [5.74, 6) is -0.352. The molecule has 0 radical (unpaired) electrons. The van der Waals surface area contributed by atoms with E-state index in [-0.39, 0.29) is 12.5 Å². The molecule has 0 atom stereocenters. The molecule has 0 aromatic heterocycles. The van der Waals surface area contributed by atoms with Crippen molar-refractivity contribution in [1.82, 2.24) is 4.90 Å². The number of nitrogens with zero attached hydrogens (tertiary/aromatic N) is 1. The van der Waals surface area contributed by atoms with E-state index in [0.717, 1.165) is 4.90 Å². The SMILES string of the molecule is CN(CC(F)F)C(=O)C(C)(C)CN. The molecule has 13 heavy (non-hydrogen) atoms. The van der Waals surface area contributed by atoms with Crippen molar-refractivity contribution in [3.8, 4) is 0 Å². The topological polar surface area (TPSA) is 46.3 Å². The predicted molar refractivity (Wildman–Crippen MR) is 46.5 cm³/mol. The summed E-state index contributed by atoms with van der Waals surface area (Å²) < 4.78 is 23.8. The van der Waals surface area contributed by atoms with Gasteiger partial charge in [-0.3, -0.25) is 4.79 Å². The summed E-state index contributed by atoms with van der Waals surface area (Å²) in [4.78, 5) is 12.5. The molecule has 78 valence electrons. The summed E-state index contributed by atoms with van der Waals surface area (Å²) in [7, 11) is 1.35. The van der Waals surface area contributed by atoms with Crippen LogP contribution in [0.2, 0.25) is 0 Å². The van der Waals surface area contributed by atoms with Gasteiger partial charge in [-0.05, 0) is 13.8 Å². The largest absolute Gasteiger partial charge is 0.340 e. The molecule has 0 saturated heterocycles. The molecule has 0 saturated carbocycles. The van der Waals surface area contributed by atoms with Crippen molar-refractivity contribution in [2.75, 3.05) is 20.1 Å². The van der Waals surface area contributed by atoms with Crippen LogP contribution >= 0.6 is 0 Å². The zero-order chi connectivity index (χ0) is 10.6. The summed E-state index contributed by atoms with van der Waals surface area (Å²) in [5.41, 5.74) is 4.58. The lowest BCUT2D eigenvalue weighted by molar-refractivity contribution is -0.140. The minimum atomic E-state index is -2.50. The van der Waals surface area contributed by atoms with Crippen molar-refractivity contribution in [3.05, 3.63) is 0 Å². The van der Waals surface area contributed by atoms with Gasteiger partial charge in [-0.1, -0.05) is 0 Å². The van der Waals surface area contributed by atoms with Crippen LogP contribution in [0.25, 0.3) is 0 Å². The molecule has 0 aliphatic carbocycles. The van der Waals surface area contributed by atoms with Gasteiger partial charge in [0, 0.05) is 13.6 Å². The predicted octanol–water partition coefficient (Wildman–Crippen LogP) is 0.695. The van der Waals surface area contributed by atoms with E-state index in [9.17, 15) is 13.6 Å². The quantitative estimate of drug-likeness (QED) is 0.716. The average molecular weight is 194 g/mol. The zero-order valence-electron chi connectivity index (χ0n) is 8.18. The van der Waals surface area contributed by atoms with Gasteiger partial charge in [-0.2, -0.15) is 0 Å². The van der Waals surface area contributed by atoms with Crippen molar-refractivity contribution in [2.45, 2.75) is 20.3 Å². The van der Waals surface area contributed by atoms with Gasteiger partial charge in [0.25, 0.3) is 6.43 Å². The molecule has 2 N–H and O–H groups in total. The first-order chi connectivity index (χ1) is 5.81. The highest BCUT2D eigenvalue weighted by atomic mass is 19.3. The number of hydrogen-bond donors (Lipinski definition) is 1. The van der Waals surface area contributed by atoms with Crippen LogP contribution in [0, 0.1) is 5.41 Å². The molecule has 0 aromatic rings. The van der Waals surface area contributed by atoms with Gasteiger partial charge in [-0.15, -0.1) is 0 Å². The van der Waals surface area contributed by atoms with E-state index in [1.54, 1.807) is 13.8 Å². The Hall–Kier alpha value is -0.710. The molecule has 0 aliphatic rings. The standard InChI is InChI=1S/C8H16F2N2O/c1-8(2,5-11)7(13)12(3)4-6(9)10/h6H,4-5,11H2,1-3H3. The van der Waals surface area contributed by atoms with Crippen LogP contribution in [0.5, 0.6) is 0 Å². The second kappa shape index (κ2) is 4.50. The van der Waals surface area contributed by atoms with E-state index in [0.29, 0.717) is 0 Å². The van der Waals surface area contributed by atoms with Gasteiger partial charge < -0.3 is 10.6 Å². The van der Waals surface area contributed by atoms with Crippen LogP contribution in [-0.4, -0.2) is 37.4 Å². The minimum Gasteiger partial charge on any atom is -0.340 e. The zero-order valence-corrected chi connectivity index (χ0v) is 8.18. The van der Waals surface area contributed by atoms with Gasteiger partial charge in [-0.25, -0.2) is 8.78 Å². The summed E-state index contributed by atoms with van der Waals surface area (Å²) in [5, 5.41) is 0. The normalized spacial score (nSPS) is 11.9. The second-order valence-electron chi connectivity index (χ2n) is 3.66. The Morgan fingerprint density at radius 2 is 2.00 bits per heavy atom. The first-order valence-electron chi connectivity index (χ1n) is 4.05. The lowest BCUT2D eigenvalue weighted by Gasteiger charge is -2.27. The Kier molecular flexibility index (Phi) is 4.26. The number of hydrogen-bond acceptors (Lipinski definition) is 2. The summed E-state index contributed by atoms with van der Waals surface area (Å²) in [6.07, 6.45) is -2.50. The number of nitrogens with two attached hydrogens (primary N) is 1. The van der Waals surface area contributed by atoms with Crippen molar-refractivity contribution < 1.29 is 13.6 Å². The number of alkyl halides is 2. The first kappa shape index (κ1) is 12.3. The maximum absolute atomic E-state index is 11.9. The van der Waals surface area contributed by atoms with Crippen LogP contribution in [0.15, 0.2) is 0 Å². The highest BCUT2D eigenvalue weighted by Gasteiger charge is 2.29. The fraction of sp³-hybridized carbons (Fsp3) is 0.875. The van der Waals surface area contributed by atoms with Gasteiger partial charge in [0.15, 0.2) is 0 Å². The smallest absolute Gasteiger partial charge is 0.255 e. The monoisotopic (exact) mass is 194 g/mol. The maximum Gasteiger partial charge on any atom is 0.255 e. The van der Waals surface area contributed by atoms with E-state index in [4.69, 9.17) is 5.73 Å². The Bertz CT molecular complexity index is 183. The molecule has 0 heterocycles. The van der Waals surface area contributed by atoms with Crippen LogP contribution in [-0.2, 0) is 4.79 Å². The molecule has 0 aromatic carbocycles. The molecule has 0 fully saturated rings. The molecule has 3 nitrogen and oxygen atoms in total. The van der Waals surface area contributed by atoms with Crippen molar-refractivity contribution in [1.29, 1.82) is 0 Å². The van der Waals surface area contributed by atoms with Crippen LogP contribution < -0.4 is 5.73 Å². The number of amides is 1. The number of halogens is 2. The van der Waals surface area contributed by atoms with E-state index < -0.39 is 18.4 Å². The van der Waals surface area contributed by atoms with Gasteiger partial charge in [0.2, 0.25) is 5.91 Å². The molecule has 0 bridgehead atoms. The number of rotatable bonds is 4. The molecule has 0 spiro atoms. The molecular weight excluding hydrogens is 178 g/mol. The van der Waals surface area contributed by atoms with E-state index in [1.807, 2.05) is 0 Å². The van der Waals surface area contributed by atoms with Gasteiger partial charge in [0.05, 0.1) is 12.0 Å². The minimum absolute atomic E-state index is 0.152. The third-order valence-corrected chi connectivity index (χ3v) is 1.85. The molecule has 0 rings (SSSR count). The van der Waals surface area contributed by atoms with Crippen molar-refractivity contribution >= 4 is 5.91 Å². The molecule has 0 aliphatic heterocycles. The van der Waals surface area contributed by atoms with Crippen LogP contribution in [0.3, 0.4) is 0 Å². The van der Waals surface area contributed by atoms with E-state index in [2.05, 4.69) is 0 Å². The molecule has 1 amide bonds. The number of carbonyl (C=O) groups excluding carboxylic acids is 1. The molecule has 5 heteroatoms. The number of carbonyl (C=O) groups is 1. The third kappa shape index (κ3) is 3.67. The highest BCUT2D eigenvalue weighted by Crippen LogP contribution is 2.16. The Labute approximate surface area is 76.9 Å². The Morgan fingerprint density at radius 1 is 1.54 bits per heavy atom. The molecule has 0 unspecified atom stereocenters. The fourth-order valence-corrected chi connectivity index (χ4v) is 0.894. The third-order valence-electron chi connectivity index (χ3n) is 1.85. The van der Waals surface area contributed by atoms with E-state index in [1.165, 1.54) is 7.05 Å². The summed E-state index contributed by atoms with van der Waals surface area (Å²) >= 11 is 0. The van der Waals surface area contributed by atoms with Crippen molar-refractivity contribution in [2.24, 2.45) is 11.1 Å².